The van der Waals surface area contributed by atoms with E-state index in [1.54, 1.807) is 20.2 Å². The number of Topliss-reactive ketones (excluding diaryl/α,β-unsaturated/α-hetero) is 1. The standard InChI is InChI=1S/C20H28FN5O5/c1-3-31-18(30)22-13(12-19(21)7-4-5-8-19)16(28)24-20(9-10-20)15(27)17(29)23-14-6-11-26(2)25-14/h6,11,13H,3-5,7-10,12H2,1-2H3,(H,22,30)(H,24,28)(H,23,25,29)/t13-/m0/s1. The Morgan fingerprint density at radius 3 is 2.45 bits per heavy atom. The number of rotatable bonds is 9. The molecule has 0 aliphatic heterocycles. The minimum absolute atomic E-state index is 0.0943. The molecule has 0 radical (unpaired) electrons. The molecule has 2 aliphatic carbocycles. The highest BCUT2D eigenvalue weighted by Crippen LogP contribution is 2.39. The maximum Gasteiger partial charge on any atom is 0.407 e. The molecule has 2 saturated carbocycles. The van der Waals surface area contributed by atoms with Crippen molar-refractivity contribution >= 4 is 29.5 Å². The zero-order valence-electron chi connectivity index (χ0n) is 17.7. The maximum absolute atomic E-state index is 15.0. The van der Waals surface area contributed by atoms with Crippen LogP contribution in [0.5, 0.6) is 0 Å². The van der Waals surface area contributed by atoms with E-state index >= 15 is 4.39 Å². The number of aryl methyl sites for hydroxylation is 1. The molecular formula is C20H28FN5O5. The quantitative estimate of drug-likeness (QED) is 0.500. The molecule has 1 atom stereocenters. The van der Waals surface area contributed by atoms with Crippen LogP contribution in [0.4, 0.5) is 15.0 Å². The molecule has 3 N–H and O–H groups in total. The first kappa shape index (κ1) is 22.7. The van der Waals surface area contributed by atoms with Gasteiger partial charge in [-0.05, 0) is 32.6 Å². The van der Waals surface area contributed by atoms with Crippen LogP contribution in [0.3, 0.4) is 0 Å². The van der Waals surface area contributed by atoms with Crippen LogP contribution in [0, 0.1) is 0 Å². The van der Waals surface area contributed by atoms with Gasteiger partial charge in [-0.1, -0.05) is 12.8 Å². The van der Waals surface area contributed by atoms with Gasteiger partial charge in [0.2, 0.25) is 11.7 Å². The predicted octanol–water partition coefficient (Wildman–Crippen LogP) is 1.36. The Kier molecular flexibility index (Phi) is 6.61. The first-order valence-corrected chi connectivity index (χ1v) is 10.5. The van der Waals surface area contributed by atoms with Crippen molar-refractivity contribution < 1.29 is 28.3 Å². The van der Waals surface area contributed by atoms with E-state index in [2.05, 4.69) is 21.0 Å². The second kappa shape index (κ2) is 9.03. The molecular weight excluding hydrogens is 409 g/mol. The number of halogens is 1. The molecule has 1 aromatic rings. The molecule has 0 bridgehead atoms. The van der Waals surface area contributed by atoms with E-state index in [0.29, 0.717) is 25.7 Å². The van der Waals surface area contributed by atoms with Crippen LogP contribution in [0.1, 0.15) is 51.9 Å². The van der Waals surface area contributed by atoms with Crippen LogP contribution in [0.15, 0.2) is 12.3 Å². The highest BCUT2D eigenvalue weighted by molar-refractivity contribution is 6.44. The van der Waals surface area contributed by atoms with Crippen molar-refractivity contribution in [2.45, 2.75) is 69.1 Å². The Morgan fingerprint density at radius 2 is 1.90 bits per heavy atom. The molecule has 2 fully saturated rings. The Hall–Kier alpha value is -2.98. The van der Waals surface area contributed by atoms with Crippen molar-refractivity contribution in [1.29, 1.82) is 0 Å². The third-order valence-electron chi connectivity index (χ3n) is 5.66. The molecule has 170 valence electrons. The van der Waals surface area contributed by atoms with Gasteiger partial charge in [0.25, 0.3) is 5.91 Å². The fourth-order valence-corrected chi connectivity index (χ4v) is 3.83. The highest BCUT2D eigenvalue weighted by atomic mass is 19.1. The fraction of sp³-hybridized carbons (Fsp3) is 0.650. The topological polar surface area (TPSA) is 131 Å². The monoisotopic (exact) mass is 437 g/mol. The molecule has 31 heavy (non-hydrogen) atoms. The summed E-state index contributed by atoms with van der Waals surface area (Å²) in [6.07, 6.45) is 3.13. The number of carbonyl (C=O) groups excluding carboxylic acids is 4. The number of carbonyl (C=O) groups is 4. The zero-order chi connectivity index (χ0) is 22.6. The van der Waals surface area contributed by atoms with E-state index in [4.69, 9.17) is 4.74 Å². The predicted molar refractivity (Wildman–Crippen MR) is 108 cm³/mol. The molecule has 10 nitrogen and oxygen atoms in total. The normalized spacial score (nSPS) is 19.2. The van der Waals surface area contributed by atoms with E-state index in [-0.39, 0.29) is 31.7 Å². The first-order chi connectivity index (χ1) is 14.7. The molecule has 3 rings (SSSR count). The van der Waals surface area contributed by atoms with E-state index in [1.807, 2.05) is 0 Å². The summed E-state index contributed by atoms with van der Waals surface area (Å²) in [5, 5.41) is 11.3. The van der Waals surface area contributed by atoms with Gasteiger partial charge in [-0.25, -0.2) is 9.18 Å². The number of hydrogen-bond acceptors (Lipinski definition) is 6. The largest absolute Gasteiger partial charge is 0.450 e. The highest BCUT2D eigenvalue weighted by Gasteiger charge is 2.54. The first-order valence-electron chi connectivity index (χ1n) is 10.5. The number of nitrogens with one attached hydrogen (secondary N) is 3. The van der Waals surface area contributed by atoms with Gasteiger partial charge in [-0.3, -0.25) is 19.1 Å². The molecule has 3 amide bonds. The number of ether oxygens (including phenoxy) is 1. The van der Waals surface area contributed by atoms with Gasteiger partial charge < -0.3 is 20.7 Å². The van der Waals surface area contributed by atoms with Crippen LogP contribution < -0.4 is 16.0 Å². The van der Waals surface area contributed by atoms with E-state index in [1.165, 1.54) is 10.7 Å². The van der Waals surface area contributed by atoms with Crippen LogP contribution in [-0.2, 0) is 26.2 Å². The van der Waals surface area contributed by atoms with Gasteiger partial charge in [-0.2, -0.15) is 5.10 Å². The van der Waals surface area contributed by atoms with Crippen molar-refractivity contribution in [2.75, 3.05) is 11.9 Å². The van der Waals surface area contributed by atoms with Crippen LogP contribution in [-0.4, -0.2) is 57.3 Å². The van der Waals surface area contributed by atoms with Gasteiger partial charge in [0.15, 0.2) is 5.82 Å². The van der Waals surface area contributed by atoms with Gasteiger partial charge in [-0.15, -0.1) is 0 Å². The Morgan fingerprint density at radius 1 is 1.23 bits per heavy atom. The summed E-state index contributed by atoms with van der Waals surface area (Å²) in [6, 6.07) is 0.316. The zero-order valence-corrected chi connectivity index (χ0v) is 17.7. The number of nitrogens with zero attached hydrogens (tertiary/aromatic N) is 2. The number of aromatic nitrogens is 2. The number of alkyl halides is 1. The summed E-state index contributed by atoms with van der Waals surface area (Å²) in [4.78, 5) is 49.8. The molecule has 0 spiro atoms. The van der Waals surface area contributed by atoms with Crippen molar-refractivity contribution in [2.24, 2.45) is 7.05 Å². The minimum atomic E-state index is -1.57. The molecule has 0 saturated heterocycles. The van der Waals surface area contributed by atoms with E-state index in [9.17, 15) is 19.2 Å². The SMILES string of the molecule is CCOC(=O)N[C@@H](CC1(F)CCCC1)C(=O)NC1(C(=O)C(=O)Nc2ccn(C)n2)CC1. The molecule has 1 aromatic heterocycles. The van der Waals surface area contributed by atoms with Gasteiger partial charge in [0.1, 0.15) is 17.2 Å². The van der Waals surface area contributed by atoms with E-state index < -0.39 is 40.9 Å². The van der Waals surface area contributed by atoms with Crippen LogP contribution in [0.2, 0.25) is 0 Å². The third kappa shape index (κ3) is 5.59. The summed E-state index contributed by atoms with van der Waals surface area (Å²) in [6.45, 7) is 1.71. The van der Waals surface area contributed by atoms with Gasteiger partial charge in [0.05, 0.1) is 6.61 Å². The summed E-state index contributed by atoms with van der Waals surface area (Å²) < 4.78 is 21.3. The van der Waals surface area contributed by atoms with Gasteiger partial charge in [0, 0.05) is 25.7 Å². The number of amides is 3. The minimum Gasteiger partial charge on any atom is -0.450 e. The Bertz CT molecular complexity index is 860. The summed E-state index contributed by atoms with van der Waals surface area (Å²) in [5.74, 6) is -2.21. The molecule has 1 heterocycles. The smallest absolute Gasteiger partial charge is 0.407 e. The van der Waals surface area contributed by atoms with Crippen molar-refractivity contribution in [3.05, 3.63) is 12.3 Å². The molecule has 2 aliphatic rings. The number of ketones is 1. The average molecular weight is 437 g/mol. The van der Waals surface area contributed by atoms with Crippen molar-refractivity contribution in [3.8, 4) is 0 Å². The van der Waals surface area contributed by atoms with Crippen LogP contribution in [0.25, 0.3) is 0 Å². The van der Waals surface area contributed by atoms with Crippen molar-refractivity contribution in [3.63, 3.8) is 0 Å². The lowest BCUT2D eigenvalue weighted by atomic mass is 9.94. The maximum atomic E-state index is 15.0. The Labute approximate surface area is 179 Å². The number of hydrogen-bond donors (Lipinski definition) is 3. The second-order valence-electron chi connectivity index (χ2n) is 8.21. The van der Waals surface area contributed by atoms with Crippen molar-refractivity contribution in [1.82, 2.24) is 20.4 Å². The lowest BCUT2D eigenvalue weighted by Gasteiger charge is -2.27. The molecule has 0 aromatic carbocycles. The van der Waals surface area contributed by atoms with E-state index in [0.717, 1.165) is 0 Å². The van der Waals surface area contributed by atoms with Gasteiger partial charge >= 0.3 is 6.09 Å². The summed E-state index contributed by atoms with van der Waals surface area (Å²) >= 11 is 0. The number of anilines is 1. The molecule has 0 unspecified atom stereocenters. The molecule has 11 heteroatoms. The fourth-order valence-electron chi connectivity index (χ4n) is 3.83. The second-order valence-corrected chi connectivity index (χ2v) is 8.21. The van der Waals surface area contributed by atoms with Crippen LogP contribution >= 0.6 is 0 Å². The lowest BCUT2D eigenvalue weighted by Crippen LogP contribution is -2.56. The number of alkyl carbamates (subject to hydrolysis) is 1. The lowest BCUT2D eigenvalue weighted by molar-refractivity contribution is -0.138. The summed E-state index contributed by atoms with van der Waals surface area (Å²) in [7, 11) is 1.67. The third-order valence-corrected chi connectivity index (χ3v) is 5.66. The average Bonchev–Trinajstić information content (AvgIpc) is 3.17. The Balaban J connectivity index is 1.66. The summed E-state index contributed by atoms with van der Waals surface area (Å²) in [5.41, 5.74) is -2.93.